The number of halogens is 1. The highest BCUT2D eigenvalue weighted by molar-refractivity contribution is 6.32. The zero-order chi connectivity index (χ0) is 11.4. The van der Waals surface area contributed by atoms with E-state index < -0.39 is 16.7 Å². The smallest absolute Gasteiger partial charge is 0.382 e. The third-order valence-electron chi connectivity index (χ3n) is 1.51. The van der Waals surface area contributed by atoms with E-state index in [1.54, 1.807) is 6.92 Å². The van der Waals surface area contributed by atoms with Gasteiger partial charge in [-0.1, -0.05) is 11.6 Å². The molecule has 0 radical (unpaired) electrons. The molecule has 1 aromatic heterocycles. The summed E-state index contributed by atoms with van der Waals surface area (Å²) >= 11 is 5.56. The van der Waals surface area contributed by atoms with Crippen LogP contribution in [0.15, 0.2) is 12.3 Å². The normalized spacial score (nSPS) is 9.73. The number of ether oxygens (including phenoxy) is 1. The Labute approximate surface area is 90.0 Å². The molecule has 80 valence electrons. The van der Waals surface area contributed by atoms with Gasteiger partial charge in [-0.25, -0.2) is 4.79 Å². The van der Waals surface area contributed by atoms with Gasteiger partial charge in [0.05, 0.1) is 6.61 Å². The maximum Gasteiger partial charge on any atom is 0.382 e. The standard InChI is InChI=1S/C8H7ClN2O4/c1-2-15-8(12)5-3-6(9)7(10-4-5)11(13)14/h3-4H,2H2,1H3. The second-order valence-electron chi connectivity index (χ2n) is 2.51. The number of rotatable bonds is 3. The largest absolute Gasteiger partial charge is 0.462 e. The summed E-state index contributed by atoms with van der Waals surface area (Å²) in [6, 6.07) is 1.16. The van der Waals surface area contributed by atoms with E-state index >= 15 is 0 Å². The molecule has 15 heavy (non-hydrogen) atoms. The molecule has 0 spiro atoms. The summed E-state index contributed by atoms with van der Waals surface area (Å²) in [5.74, 6) is -1.09. The predicted octanol–water partition coefficient (Wildman–Crippen LogP) is 1.82. The Morgan fingerprint density at radius 1 is 1.73 bits per heavy atom. The van der Waals surface area contributed by atoms with E-state index in [2.05, 4.69) is 9.72 Å². The van der Waals surface area contributed by atoms with E-state index in [-0.39, 0.29) is 17.2 Å². The molecule has 6 nitrogen and oxygen atoms in total. The van der Waals surface area contributed by atoms with Crippen LogP contribution >= 0.6 is 11.6 Å². The lowest BCUT2D eigenvalue weighted by atomic mass is 10.3. The quantitative estimate of drug-likeness (QED) is 0.449. The van der Waals surface area contributed by atoms with Crippen molar-refractivity contribution in [3.63, 3.8) is 0 Å². The fourth-order valence-corrected chi connectivity index (χ4v) is 1.13. The third kappa shape index (κ3) is 2.63. The molecule has 0 atom stereocenters. The molecule has 0 saturated carbocycles. The predicted molar refractivity (Wildman–Crippen MR) is 51.9 cm³/mol. The summed E-state index contributed by atoms with van der Waals surface area (Å²) in [5.41, 5.74) is 0.0902. The Kier molecular flexibility index (Phi) is 3.56. The molecule has 0 unspecified atom stereocenters. The number of aromatic nitrogens is 1. The van der Waals surface area contributed by atoms with Crippen LogP contribution in [0.2, 0.25) is 5.02 Å². The maximum absolute atomic E-state index is 11.2. The van der Waals surface area contributed by atoms with Crippen molar-refractivity contribution >= 4 is 23.4 Å². The SMILES string of the molecule is CCOC(=O)c1cnc([N+](=O)[O-])c(Cl)c1. The van der Waals surface area contributed by atoms with E-state index in [4.69, 9.17) is 11.6 Å². The molecule has 1 heterocycles. The van der Waals surface area contributed by atoms with E-state index in [0.29, 0.717) is 0 Å². The molecule has 0 aliphatic carbocycles. The summed E-state index contributed by atoms with van der Waals surface area (Å²) in [5, 5.41) is 10.2. The number of esters is 1. The van der Waals surface area contributed by atoms with Crippen LogP contribution < -0.4 is 0 Å². The Morgan fingerprint density at radius 2 is 2.40 bits per heavy atom. The lowest BCUT2D eigenvalue weighted by Crippen LogP contribution is -2.06. The molecule has 0 amide bonds. The van der Waals surface area contributed by atoms with Crippen LogP contribution in [0.4, 0.5) is 5.82 Å². The van der Waals surface area contributed by atoms with Crippen LogP contribution in [0.25, 0.3) is 0 Å². The molecule has 0 fully saturated rings. The minimum Gasteiger partial charge on any atom is -0.462 e. The van der Waals surface area contributed by atoms with Crippen molar-refractivity contribution in [3.8, 4) is 0 Å². The van der Waals surface area contributed by atoms with Gasteiger partial charge < -0.3 is 14.9 Å². The van der Waals surface area contributed by atoms with Crippen LogP contribution in [0.1, 0.15) is 17.3 Å². The molecule has 1 rings (SSSR count). The number of pyridine rings is 1. The van der Waals surface area contributed by atoms with Gasteiger partial charge >= 0.3 is 11.8 Å². The van der Waals surface area contributed by atoms with Gasteiger partial charge in [0.2, 0.25) is 0 Å². The average Bonchev–Trinajstić information content (AvgIpc) is 2.17. The van der Waals surface area contributed by atoms with E-state index in [1.165, 1.54) is 0 Å². The minimum atomic E-state index is -0.725. The minimum absolute atomic E-state index is 0.0902. The first-order valence-electron chi connectivity index (χ1n) is 4.03. The topological polar surface area (TPSA) is 82.3 Å². The molecular formula is C8H7ClN2O4. The summed E-state index contributed by atoms with van der Waals surface area (Å²) < 4.78 is 4.68. The van der Waals surface area contributed by atoms with Crippen molar-refractivity contribution in [1.29, 1.82) is 0 Å². The van der Waals surface area contributed by atoms with Gasteiger partial charge in [0.1, 0.15) is 10.6 Å². The second kappa shape index (κ2) is 4.70. The monoisotopic (exact) mass is 230 g/mol. The molecule has 0 aromatic carbocycles. The van der Waals surface area contributed by atoms with Gasteiger partial charge in [0, 0.05) is 0 Å². The van der Waals surface area contributed by atoms with Gasteiger partial charge in [-0.05, 0) is 22.9 Å². The van der Waals surface area contributed by atoms with Crippen molar-refractivity contribution in [1.82, 2.24) is 4.98 Å². The molecule has 7 heteroatoms. The number of carbonyl (C=O) groups excluding carboxylic acids is 1. The van der Waals surface area contributed by atoms with Gasteiger partial charge in [0.15, 0.2) is 6.20 Å². The van der Waals surface area contributed by atoms with Crippen LogP contribution in [0.5, 0.6) is 0 Å². The van der Waals surface area contributed by atoms with E-state index in [0.717, 1.165) is 12.3 Å². The van der Waals surface area contributed by atoms with E-state index in [1.807, 2.05) is 0 Å². The first-order chi connectivity index (χ1) is 7.06. The van der Waals surface area contributed by atoms with E-state index in [9.17, 15) is 14.9 Å². The summed E-state index contributed by atoms with van der Waals surface area (Å²) in [4.78, 5) is 24.3. The van der Waals surface area contributed by atoms with Crippen molar-refractivity contribution < 1.29 is 14.5 Å². The number of hydrogen-bond acceptors (Lipinski definition) is 5. The number of hydrogen-bond donors (Lipinski definition) is 0. The highest BCUT2D eigenvalue weighted by atomic mass is 35.5. The van der Waals surface area contributed by atoms with Gasteiger partial charge in [-0.3, -0.25) is 0 Å². The third-order valence-corrected chi connectivity index (χ3v) is 1.78. The number of carbonyl (C=O) groups is 1. The molecular weight excluding hydrogens is 224 g/mol. The molecule has 0 N–H and O–H groups in total. The van der Waals surface area contributed by atoms with Crippen molar-refractivity contribution in [3.05, 3.63) is 33.0 Å². The molecule has 1 aromatic rings. The zero-order valence-electron chi connectivity index (χ0n) is 7.77. The first-order valence-corrected chi connectivity index (χ1v) is 4.41. The first kappa shape index (κ1) is 11.4. The fourth-order valence-electron chi connectivity index (χ4n) is 0.891. The summed E-state index contributed by atoms with van der Waals surface area (Å²) in [6.45, 7) is 1.87. The average molecular weight is 231 g/mol. The Bertz CT molecular complexity index is 408. The maximum atomic E-state index is 11.2. The molecule has 0 saturated heterocycles. The Balaban J connectivity index is 3.01. The van der Waals surface area contributed by atoms with Crippen molar-refractivity contribution in [2.24, 2.45) is 0 Å². The van der Waals surface area contributed by atoms with Gasteiger partial charge in [-0.15, -0.1) is 0 Å². The van der Waals surface area contributed by atoms with Crippen LogP contribution in [0.3, 0.4) is 0 Å². The molecule has 0 bridgehead atoms. The van der Waals surface area contributed by atoms with Gasteiger partial charge in [-0.2, -0.15) is 0 Å². The van der Waals surface area contributed by atoms with Crippen molar-refractivity contribution in [2.45, 2.75) is 6.92 Å². The molecule has 0 aliphatic rings. The van der Waals surface area contributed by atoms with Crippen LogP contribution in [-0.2, 0) is 4.74 Å². The molecule has 0 aliphatic heterocycles. The summed E-state index contributed by atoms with van der Waals surface area (Å²) in [6.07, 6.45) is 1.06. The highest BCUT2D eigenvalue weighted by Crippen LogP contribution is 2.22. The fraction of sp³-hybridized carbons (Fsp3) is 0.250. The highest BCUT2D eigenvalue weighted by Gasteiger charge is 2.18. The van der Waals surface area contributed by atoms with Crippen molar-refractivity contribution in [2.75, 3.05) is 6.61 Å². The zero-order valence-corrected chi connectivity index (χ0v) is 8.52. The Hall–Kier alpha value is -1.69. The lowest BCUT2D eigenvalue weighted by Gasteiger charge is -2.00. The van der Waals surface area contributed by atoms with Crippen LogP contribution in [0, 0.1) is 10.1 Å². The lowest BCUT2D eigenvalue weighted by molar-refractivity contribution is -0.389. The summed E-state index contributed by atoms with van der Waals surface area (Å²) in [7, 11) is 0. The number of nitro groups is 1. The number of nitrogens with zero attached hydrogens (tertiary/aromatic N) is 2. The Morgan fingerprint density at radius 3 is 2.87 bits per heavy atom. The second-order valence-corrected chi connectivity index (χ2v) is 2.91. The van der Waals surface area contributed by atoms with Gasteiger partial charge in [0.25, 0.3) is 0 Å². The van der Waals surface area contributed by atoms with Crippen LogP contribution in [-0.4, -0.2) is 22.5 Å².